The second-order valence-electron chi connectivity index (χ2n) is 6.69. The molecule has 7 nitrogen and oxygen atoms in total. The lowest BCUT2D eigenvalue weighted by Gasteiger charge is -2.37. The van der Waals surface area contributed by atoms with Gasteiger partial charge in [-0.25, -0.2) is 4.79 Å². The van der Waals surface area contributed by atoms with Crippen LogP contribution in [0.4, 0.5) is 0 Å². The number of rotatable bonds is 7. The second kappa shape index (κ2) is 8.00. The fraction of sp³-hybridized carbons (Fsp3) is 0.750. The Morgan fingerprint density at radius 1 is 1.46 bits per heavy atom. The molecule has 134 valence electrons. The SMILES string of the molecule is CCC1CCC(NC(=O)CSc2nncn2C(C)C)(C(=O)O)CC1. The molecule has 0 atom stereocenters. The number of aromatic nitrogens is 3. The fourth-order valence-electron chi connectivity index (χ4n) is 3.09. The molecule has 0 spiro atoms. The number of carboxylic acid groups (broad SMARTS) is 1. The van der Waals surface area contributed by atoms with E-state index in [0.29, 0.717) is 23.9 Å². The molecule has 2 N–H and O–H groups in total. The van der Waals surface area contributed by atoms with E-state index in [1.807, 2.05) is 18.4 Å². The molecule has 0 aromatic carbocycles. The van der Waals surface area contributed by atoms with Gasteiger partial charge < -0.3 is 15.0 Å². The number of carbonyl (C=O) groups is 2. The van der Waals surface area contributed by atoms with Gasteiger partial charge in [0.25, 0.3) is 0 Å². The summed E-state index contributed by atoms with van der Waals surface area (Å²) in [5.41, 5.74) is -1.12. The first-order valence-electron chi connectivity index (χ1n) is 8.44. The predicted octanol–water partition coefficient (Wildman–Crippen LogP) is 2.49. The van der Waals surface area contributed by atoms with E-state index in [2.05, 4.69) is 22.4 Å². The number of nitrogens with one attached hydrogen (secondary N) is 1. The summed E-state index contributed by atoms with van der Waals surface area (Å²) < 4.78 is 1.89. The van der Waals surface area contributed by atoms with Crippen LogP contribution in [0.5, 0.6) is 0 Å². The number of hydrogen-bond acceptors (Lipinski definition) is 5. The third kappa shape index (κ3) is 4.28. The van der Waals surface area contributed by atoms with E-state index in [0.717, 1.165) is 19.3 Å². The van der Waals surface area contributed by atoms with Gasteiger partial charge in [-0.1, -0.05) is 25.1 Å². The van der Waals surface area contributed by atoms with Gasteiger partial charge in [-0.15, -0.1) is 10.2 Å². The van der Waals surface area contributed by atoms with Gasteiger partial charge in [0.2, 0.25) is 5.91 Å². The van der Waals surface area contributed by atoms with Crippen molar-refractivity contribution in [1.29, 1.82) is 0 Å². The molecular formula is C16H26N4O3S. The maximum absolute atomic E-state index is 12.3. The van der Waals surface area contributed by atoms with Crippen LogP contribution in [0, 0.1) is 5.92 Å². The Hall–Kier alpha value is -1.57. The monoisotopic (exact) mass is 354 g/mol. The van der Waals surface area contributed by atoms with Crippen LogP contribution in [0.25, 0.3) is 0 Å². The molecule has 1 aliphatic rings. The molecule has 0 unspecified atom stereocenters. The number of carboxylic acids is 1. The highest BCUT2D eigenvalue weighted by atomic mass is 32.2. The van der Waals surface area contributed by atoms with Gasteiger partial charge >= 0.3 is 5.97 Å². The zero-order valence-electron chi connectivity index (χ0n) is 14.5. The van der Waals surface area contributed by atoms with Crippen molar-refractivity contribution in [2.45, 2.75) is 69.6 Å². The van der Waals surface area contributed by atoms with Crippen molar-refractivity contribution in [3.8, 4) is 0 Å². The van der Waals surface area contributed by atoms with Crippen molar-refractivity contribution in [3.05, 3.63) is 6.33 Å². The Kier molecular flexibility index (Phi) is 6.26. The van der Waals surface area contributed by atoms with Crippen LogP contribution in [0.2, 0.25) is 0 Å². The Labute approximate surface area is 146 Å². The number of carbonyl (C=O) groups excluding carboxylic acids is 1. The first-order chi connectivity index (χ1) is 11.4. The standard InChI is InChI=1S/C16H26N4O3S/c1-4-12-5-7-16(8-6-12,14(22)23)18-13(21)9-24-15-19-17-10-20(15)11(2)3/h10-12H,4-9H2,1-3H3,(H,18,21)(H,22,23). The van der Waals surface area contributed by atoms with Gasteiger partial charge in [-0.2, -0.15) is 0 Å². The summed E-state index contributed by atoms with van der Waals surface area (Å²) in [5, 5.41) is 20.9. The van der Waals surface area contributed by atoms with E-state index in [1.165, 1.54) is 11.8 Å². The lowest BCUT2D eigenvalue weighted by atomic mass is 9.75. The minimum Gasteiger partial charge on any atom is -0.480 e. The zero-order chi connectivity index (χ0) is 17.7. The van der Waals surface area contributed by atoms with Gasteiger partial charge in [0.05, 0.1) is 5.75 Å². The van der Waals surface area contributed by atoms with Crippen LogP contribution in [-0.2, 0) is 9.59 Å². The smallest absolute Gasteiger partial charge is 0.329 e. The van der Waals surface area contributed by atoms with E-state index in [4.69, 9.17) is 0 Å². The van der Waals surface area contributed by atoms with E-state index in [-0.39, 0.29) is 17.7 Å². The largest absolute Gasteiger partial charge is 0.480 e. The first-order valence-corrected chi connectivity index (χ1v) is 9.43. The van der Waals surface area contributed by atoms with Crippen molar-refractivity contribution < 1.29 is 14.7 Å². The lowest BCUT2D eigenvalue weighted by molar-refractivity contribution is -0.149. The zero-order valence-corrected chi connectivity index (χ0v) is 15.3. The number of thioether (sulfide) groups is 1. The summed E-state index contributed by atoms with van der Waals surface area (Å²) in [6.45, 7) is 6.15. The molecule has 0 radical (unpaired) electrons. The second-order valence-corrected chi connectivity index (χ2v) is 7.63. The van der Waals surface area contributed by atoms with Crippen LogP contribution in [-0.4, -0.2) is 43.0 Å². The van der Waals surface area contributed by atoms with E-state index < -0.39 is 11.5 Å². The molecule has 1 amide bonds. The van der Waals surface area contributed by atoms with E-state index in [1.54, 1.807) is 6.33 Å². The molecule has 1 saturated carbocycles. The summed E-state index contributed by atoms with van der Waals surface area (Å²) in [4.78, 5) is 24.0. The van der Waals surface area contributed by atoms with Crippen molar-refractivity contribution in [1.82, 2.24) is 20.1 Å². The number of amides is 1. The Balaban J connectivity index is 1.94. The fourth-order valence-corrected chi connectivity index (χ4v) is 3.94. The maximum atomic E-state index is 12.3. The molecule has 0 saturated heterocycles. The minimum atomic E-state index is -1.12. The lowest BCUT2D eigenvalue weighted by Crippen LogP contribution is -2.56. The molecule has 1 heterocycles. The molecule has 1 aliphatic carbocycles. The van der Waals surface area contributed by atoms with Crippen molar-refractivity contribution in [2.24, 2.45) is 5.92 Å². The van der Waals surface area contributed by atoms with Gasteiger partial charge in [0.1, 0.15) is 11.9 Å². The van der Waals surface area contributed by atoms with Crippen molar-refractivity contribution >= 4 is 23.6 Å². The van der Waals surface area contributed by atoms with Gasteiger partial charge in [-0.05, 0) is 45.4 Å². The summed E-state index contributed by atoms with van der Waals surface area (Å²) in [5.74, 6) is -0.498. The summed E-state index contributed by atoms with van der Waals surface area (Å²) >= 11 is 1.28. The molecule has 1 fully saturated rings. The molecular weight excluding hydrogens is 328 g/mol. The van der Waals surface area contributed by atoms with Gasteiger partial charge in [0, 0.05) is 6.04 Å². The average molecular weight is 354 g/mol. The highest BCUT2D eigenvalue weighted by Crippen LogP contribution is 2.34. The molecule has 24 heavy (non-hydrogen) atoms. The number of aliphatic carboxylic acids is 1. The molecule has 0 bridgehead atoms. The molecule has 0 aliphatic heterocycles. The molecule has 1 aromatic rings. The Morgan fingerprint density at radius 2 is 2.12 bits per heavy atom. The number of hydrogen-bond donors (Lipinski definition) is 2. The van der Waals surface area contributed by atoms with E-state index in [9.17, 15) is 14.7 Å². The van der Waals surface area contributed by atoms with Crippen LogP contribution < -0.4 is 5.32 Å². The molecule has 8 heteroatoms. The Bertz CT molecular complexity index is 580. The molecule has 2 rings (SSSR count). The third-order valence-corrected chi connectivity index (χ3v) is 5.71. The highest BCUT2D eigenvalue weighted by Gasteiger charge is 2.42. The maximum Gasteiger partial charge on any atom is 0.329 e. The Morgan fingerprint density at radius 3 is 2.67 bits per heavy atom. The van der Waals surface area contributed by atoms with Crippen molar-refractivity contribution in [3.63, 3.8) is 0 Å². The van der Waals surface area contributed by atoms with Gasteiger partial charge in [-0.3, -0.25) is 4.79 Å². The van der Waals surface area contributed by atoms with Crippen LogP contribution in [0.3, 0.4) is 0 Å². The molecule has 1 aromatic heterocycles. The van der Waals surface area contributed by atoms with Crippen LogP contribution >= 0.6 is 11.8 Å². The van der Waals surface area contributed by atoms with Gasteiger partial charge in [0.15, 0.2) is 5.16 Å². The average Bonchev–Trinajstić information content (AvgIpc) is 3.02. The minimum absolute atomic E-state index is 0.137. The van der Waals surface area contributed by atoms with Crippen LogP contribution in [0.15, 0.2) is 11.5 Å². The van der Waals surface area contributed by atoms with Crippen molar-refractivity contribution in [2.75, 3.05) is 5.75 Å². The predicted molar refractivity (Wildman–Crippen MR) is 91.9 cm³/mol. The third-order valence-electron chi connectivity index (χ3n) is 4.75. The summed E-state index contributed by atoms with van der Waals surface area (Å²) in [6.07, 6.45) is 5.38. The quantitative estimate of drug-likeness (QED) is 0.730. The first kappa shape index (κ1) is 18.8. The van der Waals surface area contributed by atoms with E-state index >= 15 is 0 Å². The number of nitrogens with zero attached hydrogens (tertiary/aromatic N) is 3. The highest BCUT2D eigenvalue weighted by molar-refractivity contribution is 7.99. The van der Waals surface area contributed by atoms with Crippen LogP contribution in [0.1, 0.15) is 58.9 Å². The topological polar surface area (TPSA) is 97.1 Å². The summed E-state index contributed by atoms with van der Waals surface area (Å²) in [7, 11) is 0. The summed E-state index contributed by atoms with van der Waals surface area (Å²) in [6, 6.07) is 0.209. The normalized spacial score (nSPS) is 24.1.